The number of sulfonamides is 1. The minimum atomic E-state index is -4.68. The molecule has 0 aliphatic heterocycles. The molecule has 0 amide bonds. The SMILES string of the molecule is [N-]=[N+]=NS(=O)(=O)c1cc2c(c(O)c1O)C(=O)c1ccccc1C2=O. The summed E-state index contributed by atoms with van der Waals surface area (Å²) >= 11 is 0. The molecule has 2 aromatic rings. The standard InChI is InChI=1S/C14H7N3O6S/c15-16-17-24(22,23)9-5-8-10(14(21)13(9)20)12(19)7-4-2-1-3-6(7)11(8)18/h1-5,20-21H. The largest absolute Gasteiger partial charge is 0.504 e. The van der Waals surface area contributed by atoms with E-state index in [1.165, 1.54) is 24.3 Å². The number of azide groups is 1. The van der Waals surface area contributed by atoms with E-state index in [9.17, 15) is 28.2 Å². The van der Waals surface area contributed by atoms with Crippen molar-refractivity contribution < 1.29 is 28.2 Å². The Morgan fingerprint density at radius 2 is 1.54 bits per heavy atom. The number of carbonyl (C=O) groups excluding carboxylic acids is 2. The molecule has 120 valence electrons. The fourth-order valence-corrected chi connectivity index (χ4v) is 3.28. The molecule has 2 aromatic carbocycles. The van der Waals surface area contributed by atoms with Crippen molar-refractivity contribution >= 4 is 21.6 Å². The van der Waals surface area contributed by atoms with Gasteiger partial charge in [0.1, 0.15) is 4.90 Å². The summed E-state index contributed by atoms with van der Waals surface area (Å²) in [5.74, 6) is -3.66. The number of ketones is 2. The maximum atomic E-state index is 12.5. The third-order valence-electron chi connectivity index (χ3n) is 3.55. The predicted molar refractivity (Wildman–Crippen MR) is 79.4 cm³/mol. The molecule has 0 fully saturated rings. The molecule has 3 rings (SSSR count). The molecule has 0 bridgehead atoms. The van der Waals surface area contributed by atoms with Gasteiger partial charge in [-0.2, -0.15) is 0 Å². The van der Waals surface area contributed by atoms with Crippen LogP contribution in [0.4, 0.5) is 0 Å². The Morgan fingerprint density at radius 1 is 0.958 bits per heavy atom. The Kier molecular flexibility index (Phi) is 3.29. The van der Waals surface area contributed by atoms with E-state index in [1.807, 2.05) is 0 Å². The first kappa shape index (κ1) is 15.5. The molecule has 0 unspecified atom stereocenters. The molecule has 24 heavy (non-hydrogen) atoms. The van der Waals surface area contributed by atoms with E-state index in [4.69, 9.17) is 5.53 Å². The van der Waals surface area contributed by atoms with Crippen LogP contribution in [0.3, 0.4) is 0 Å². The summed E-state index contributed by atoms with van der Waals surface area (Å²) in [6.07, 6.45) is 0. The molecule has 9 nitrogen and oxygen atoms in total. The lowest BCUT2D eigenvalue weighted by Crippen LogP contribution is -2.21. The van der Waals surface area contributed by atoms with E-state index in [-0.39, 0.29) is 11.1 Å². The zero-order chi connectivity index (χ0) is 17.6. The van der Waals surface area contributed by atoms with Crippen LogP contribution in [-0.4, -0.2) is 30.2 Å². The van der Waals surface area contributed by atoms with Crippen molar-refractivity contribution in [2.75, 3.05) is 0 Å². The molecule has 2 N–H and O–H groups in total. The molecule has 10 heteroatoms. The summed E-state index contributed by atoms with van der Waals surface area (Å²) in [5.41, 5.74) is 7.45. The highest BCUT2D eigenvalue weighted by Crippen LogP contribution is 2.42. The van der Waals surface area contributed by atoms with Gasteiger partial charge in [0.2, 0.25) is 0 Å². The minimum Gasteiger partial charge on any atom is -0.504 e. The summed E-state index contributed by atoms with van der Waals surface area (Å²) in [6, 6.07) is 6.51. The van der Waals surface area contributed by atoms with Crippen LogP contribution in [0.25, 0.3) is 10.4 Å². The summed E-state index contributed by atoms with van der Waals surface area (Å²) in [4.78, 5) is 26.1. The Balaban J connectivity index is 2.39. The minimum absolute atomic E-state index is 0.0235. The number of aromatic hydroxyl groups is 2. The number of nitrogens with zero attached hydrogens (tertiary/aromatic N) is 3. The van der Waals surface area contributed by atoms with Crippen molar-refractivity contribution in [2.24, 2.45) is 4.52 Å². The Morgan fingerprint density at radius 3 is 2.12 bits per heavy atom. The van der Waals surface area contributed by atoms with Gasteiger partial charge in [-0.05, 0) is 11.6 Å². The smallest absolute Gasteiger partial charge is 0.268 e. The first-order valence-electron chi connectivity index (χ1n) is 6.38. The number of phenolic OH excluding ortho intramolecular Hbond substituents is 2. The lowest BCUT2D eigenvalue weighted by atomic mass is 9.83. The normalized spacial score (nSPS) is 13.0. The zero-order valence-corrected chi connectivity index (χ0v) is 12.5. The van der Waals surface area contributed by atoms with Gasteiger partial charge in [-0.3, -0.25) is 9.59 Å². The van der Waals surface area contributed by atoms with E-state index in [1.54, 1.807) is 0 Å². The van der Waals surface area contributed by atoms with Crippen LogP contribution >= 0.6 is 0 Å². The number of carbonyl (C=O) groups is 2. The molecule has 0 saturated heterocycles. The topological polar surface area (TPSA) is 158 Å². The van der Waals surface area contributed by atoms with Gasteiger partial charge in [0.05, 0.1) is 5.56 Å². The lowest BCUT2D eigenvalue weighted by Gasteiger charge is -2.19. The van der Waals surface area contributed by atoms with Crippen molar-refractivity contribution in [1.29, 1.82) is 0 Å². The number of hydrogen-bond donors (Lipinski definition) is 2. The molecular weight excluding hydrogens is 338 g/mol. The van der Waals surface area contributed by atoms with Crippen molar-refractivity contribution in [2.45, 2.75) is 4.90 Å². The number of hydrogen-bond acceptors (Lipinski definition) is 6. The summed E-state index contributed by atoms with van der Waals surface area (Å²) in [6.45, 7) is 0. The van der Waals surface area contributed by atoms with Crippen LogP contribution in [0.1, 0.15) is 31.8 Å². The van der Waals surface area contributed by atoms with Crippen molar-refractivity contribution in [3.63, 3.8) is 0 Å². The second-order valence-corrected chi connectivity index (χ2v) is 6.40. The molecule has 1 aliphatic carbocycles. The van der Waals surface area contributed by atoms with Crippen LogP contribution in [0.5, 0.6) is 11.5 Å². The monoisotopic (exact) mass is 345 g/mol. The van der Waals surface area contributed by atoms with Crippen LogP contribution in [-0.2, 0) is 10.0 Å². The average molecular weight is 345 g/mol. The maximum Gasteiger partial charge on any atom is 0.268 e. The van der Waals surface area contributed by atoms with Crippen LogP contribution in [0.15, 0.2) is 39.7 Å². The fourth-order valence-electron chi connectivity index (χ4n) is 2.49. The van der Waals surface area contributed by atoms with Crippen molar-refractivity contribution in [1.82, 2.24) is 0 Å². The summed E-state index contributed by atoms with van der Waals surface area (Å²) in [7, 11) is -4.68. The Hall–Kier alpha value is -3.36. The van der Waals surface area contributed by atoms with Crippen LogP contribution in [0, 0.1) is 0 Å². The van der Waals surface area contributed by atoms with Crippen molar-refractivity contribution in [3.05, 3.63) is 63.0 Å². The molecule has 0 spiro atoms. The molecule has 1 aliphatic rings. The first-order valence-corrected chi connectivity index (χ1v) is 7.82. The molecule has 0 atom stereocenters. The third-order valence-corrected chi connectivity index (χ3v) is 4.70. The molecular formula is C14H7N3O6S. The quantitative estimate of drug-likeness (QED) is 0.312. The van der Waals surface area contributed by atoms with Gasteiger partial charge in [0, 0.05) is 26.1 Å². The maximum absolute atomic E-state index is 12.5. The van der Waals surface area contributed by atoms with Gasteiger partial charge in [-0.1, -0.05) is 24.3 Å². The van der Waals surface area contributed by atoms with E-state index in [0.717, 1.165) is 0 Å². The Labute approximate surface area is 134 Å². The van der Waals surface area contributed by atoms with Crippen LogP contribution in [0.2, 0.25) is 0 Å². The zero-order valence-electron chi connectivity index (χ0n) is 11.7. The summed E-state index contributed by atoms with van der Waals surface area (Å²) in [5, 5.41) is 19.9. The molecule has 0 radical (unpaired) electrons. The van der Waals surface area contributed by atoms with Gasteiger partial charge in [-0.15, -0.1) is 0 Å². The predicted octanol–water partition coefficient (Wildman–Crippen LogP) is 1.87. The fraction of sp³-hybridized carbons (Fsp3) is 0. The number of benzene rings is 2. The lowest BCUT2D eigenvalue weighted by molar-refractivity contribution is 0.0975. The number of rotatable bonds is 2. The summed E-state index contributed by atoms with van der Waals surface area (Å²) < 4.78 is 26.2. The van der Waals surface area contributed by atoms with Crippen LogP contribution < -0.4 is 0 Å². The van der Waals surface area contributed by atoms with E-state index in [2.05, 4.69) is 9.43 Å². The highest BCUT2D eigenvalue weighted by molar-refractivity contribution is 7.90. The highest BCUT2D eigenvalue weighted by Gasteiger charge is 2.36. The van der Waals surface area contributed by atoms with E-state index in [0.29, 0.717) is 6.07 Å². The molecule has 0 saturated carbocycles. The Bertz CT molecular complexity index is 1080. The van der Waals surface area contributed by atoms with Crippen molar-refractivity contribution in [3.8, 4) is 11.5 Å². The second-order valence-electron chi connectivity index (χ2n) is 4.84. The van der Waals surface area contributed by atoms with Gasteiger partial charge in [0.25, 0.3) is 10.0 Å². The van der Waals surface area contributed by atoms with Gasteiger partial charge in [0.15, 0.2) is 23.1 Å². The van der Waals surface area contributed by atoms with Gasteiger partial charge >= 0.3 is 0 Å². The number of phenols is 2. The average Bonchev–Trinajstić information content (AvgIpc) is 2.54. The first-order chi connectivity index (χ1) is 11.3. The van der Waals surface area contributed by atoms with Gasteiger partial charge < -0.3 is 10.2 Å². The highest BCUT2D eigenvalue weighted by atomic mass is 32.2. The third kappa shape index (κ3) is 2.02. The van der Waals surface area contributed by atoms with Gasteiger partial charge in [-0.25, -0.2) is 8.42 Å². The molecule has 0 aromatic heterocycles. The number of fused-ring (bicyclic) bond motifs is 2. The molecule has 0 heterocycles. The second kappa shape index (κ2) is 5.08. The van der Waals surface area contributed by atoms with E-state index < -0.39 is 49.1 Å². The van der Waals surface area contributed by atoms with E-state index >= 15 is 0 Å².